The second-order valence-corrected chi connectivity index (χ2v) is 19.3. The lowest BCUT2D eigenvalue weighted by Crippen LogP contribution is -2.70. The number of rotatable bonds is 9. The lowest BCUT2D eigenvalue weighted by molar-refractivity contribution is -0.577. The van der Waals surface area contributed by atoms with Crippen LogP contribution < -0.4 is 0 Å². The smallest absolute Gasteiger partial charge is 0.303 e. The summed E-state index contributed by atoms with van der Waals surface area (Å²) in [7, 11) is 0. The van der Waals surface area contributed by atoms with E-state index in [1.165, 1.54) is 32.1 Å². The zero-order chi connectivity index (χ0) is 35.2. The molecule has 18 atom stereocenters. The summed E-state index contributed by atoms with van der Waals surface area (Å²) in [6.07, 6.45) is 13.0. The van der Waals surface area contributed by atoms with Crippen LogP contribution in [-0.2, 0) is 33.5 Å². The number of hydrogen-bond acceptors (Lipinski definition) is 8. The number of hydrogen-bond donors (Lipinski definition) is 2. The summed E-state index contributed by atoms with van der Waals surface area (Å²) in [5, 5.41) is 21.1. The van der Waals surface area contributed by atoms with Gasteiger partial charge in [0.05, 0.1) is 25.4 Å². The predicted molar refractivity (Wildman–Crippen MR) is 185 cm³/mol. The number of aliphatic carboxylic acids is 1. The van der Waals surface area contributed by atoms with Gasteiger partial charge in [0, 0.05) is 24.7 Å². The van der Waals surface area contributed by atoms with E-state index in [1.54, 1.807) is 0 Å². The summed E-state index contributed by atoms with van der Waals surface area (Å²) in [6, 6.07) is 0. The molecule has 0 aromatic rings. The van der Waals surface area contributed by atoms with Gasteiger partial charge in [0.2, 0.25) is 5.79 Å². The number of carbonyl (C=O) groups is 1. The topological polar surface area (TPSA) is 113 Å². The standard InChI is InChI=1S/C41H66O9/c1-23(8-12-34(43)44)28-10-11-31-35-32(14-17-39(28,31)5)38(4)16-13-27(21-26(38)22-33(35)42)45-19-20-46-36-25(3)30-9-7-24(2)29-15-18-40(6)48-37(47-36)41(29,30)50-49-40/h23-33,35-37,42H,7-22H2,1-6H3,(H,43,44)/t23-,24-,25-,26?,27-,28-,29?,30?,31?,32?,33?,35?,36?,37?,38+,39-,40-,41-/m1/s1. The van der Waals surface area contributed by atoms with Crippen LogP contribution in [0.15, 0.2) is 0 Å². The maximum Gasteiger partial charge on any atom is 0.303 e. The Bertz CT molecular complexity index is 1260. The van der Waals surface area contributed by atoms with Crippen LogP contribution in [0.3, 0.4) is 0 Å². The minimum Gasteiger partial charge on any atom is -0.481 e. The van der Waals surface area contributed by atoms with E-state index in [0.717, 1.165) is 51.4 Å². The summed E-state index contributed by atoms with van der Waals surface area (Å²) in [5.41, 5.74) is -0.119. The SMILES string of the molecule is C[C@H]1C(OCCO[C@@H]2CC[C@@]3(C)C(CC(O)C4C3CC[C@@]3(C)C4CC[C@@H]3[C@H](C)CCC(=O)O)C2)OC2O[C@@]3(C)CCC4[C@H](C)CCC1[C@@]24OO3. The average Bonchev–Trinajstić information content (AvgIpc) is 3.27. The Hall–Kier alpha value is -0.810. The zero-order valence-corrected chi connectivity index (χ0v) is 31.6. The molecule has 9 rings (SSSR count). The van der Waals surface area contributed by atoms with Gasteiger partial charge in [-0.1, -0.05) is 34.6 Å². The maximum atomic E-state index is 11.8. The van der Waals surface area contributed by atoms with Gasteiger partial charge >= 0.3 is 5.97 Å². The van der Waals surface area contributed by atoms with Crippen molar-refractivity contribution in [2.24, 2.45) is 70.0 Å². The molecule has 4 heterocycles. The summed E-state index contributed by atoms with van der Waals surface area (Å²) < 4.78 is 26.1. The molecular formula is C41H66O9. The van der Waals surface area contributed by atoms with Crippen LogP contribution in [0.1, 0.15) is 131 Å². The molecule has 0 amide bonds. The molecule has 1 spiro atoms. The molecular weight excluding hydrogens is 636 g/mol. The van der Waals surface area contributed by atoms with Gasteiger partial charge < -0.3 is 29.2 Å². The van der Waals surface area contributed by atoms with E-state index in [1.807, 2.05) is 6.92 Å². The molecule has 2 bridgehead atoms. The lowest BCUT2D eigenvalue weighted by Gasteiger charge is -2.62. The second kappa shape index (κ2) is 13.2. The van der Waals surface area contributed by atoms with Crippen LogP contribution in [0.4, 0.5) is 0 Å². The normalized spacial score (nSPS) is 54.5. The molecule has 9 nitrogen and oxygen atoms in total. The zero-order valence-electron chi connectivity index (χ0n) is 31.6. The van der Waals surface area contributed by atoms with Crippen molar-refractivity contribution in [3.63, 3.8) is 0 Å². The Morgan fingerprint density at radius 2 is 1.56 bits per heavy atom. The first-order chi connectivity index (χ1) is 23.8. The molecule has 50 heavy (non-hydrogen) atoms. The van der Waals surface area contributed by atoms with Crippen LogP contribution in [-0.4, -0.2) is 65.6 Å². The van der Waals surface area contributed by atoms with E-state index in [9.17, 15) is 15.0 Å². The first kappa shape index (κ1) is 36.2. The first-order valence-electron chi connectivity index (χ1n) is 20.6. The molecule has 9 heteroatoms. The van der Waals surface area contributed by atoms with Crippen molar-refractivity contribution in [3.8, 4) is 0 Å². The van der Waals surface area contributed by atoms with Crippen molar-refractivity contribution in [2.75, 3.05) is 13.2 Å². The highest BCUT2D eigenvalue weighted by molar-refractivity contribution is 5.66. The van der Waals surface area contributed by atoms with Gasteiger partial charge in [0.15, 0.2) is 18.2 Å². The number of aliphatic hydroxyl groups excluding tert-OH is 1. The fourth-order valence-electron chi connectivity index (χ4n) is 14.3. The van der Waals surface area contributed by atoms with Crippen molar-refractivity contribution in [1.82, 2.24) is 0 Å². The molecule has 0 aromatic heterocycles. The molecule has 4 aliphatic heterocycles. The third-order valence-electron chi connectivity index (χ3n) is 17.0. The van der Waals surface area contributed by atoms with Crippen molar-refractivity contribution in [1.29, 1.82) is 0 Å². The lowest BCUT2D eigenvalue weighted by atomic mass is 9.43. The molecule has 5 saturated carbocycles. The first-order valence-corrected chi connectivity index (χ1v) is 20.6. The second-order valence-electron chi connectivity index (χ2n) is 19.3. The maximum absolute atomic E-state index is 11.8. The van der Waals surface area contributed by atoms with E-state index < -0.39 is 23.6 Å². The van der Waals surface area contributed by atoms with E-state index >= 15 is 0 Å². The summed E-state index contributed by atoms with van der Waals surface area (Å²) in [5.74, 6) is 2.73. The van der Waals surface area contributed by atoms with E-state index in [0.29, 0.717) is 60.6 Å². The van der Waals surface area contributed by atoms with Crippen molar-refractivity contribution in [3.05, 3.63) is 0 Å². The fraction of sp³-hybridized carbons (Fsp3) is 0.976. The van der Waals surface area contributed by atoms with Gasteiger partial charge in [-0.25, -0.2) is 9.78 Å². The largest absolute Gasteiger partial charge is 0.481 e. The Kier molecular flexibility index (Phi) is 9.55. The van der Waals surface area contributed by atoms with Crippen LogP contribution in [0, 0.1) is 70.0 Å². The van der Waals surface area contributed by atoms with Crippen molar-refractivity contribution in [2.45, 2.75) is 168 Å². The number of carboxylic acid groups (broad SMARTS) is 1. The number of carboxylic acids is 1. The molecule has 9 aliphatic rings. The third-order valence-corrected chi connectivity index (χ3v) is 17.0. The Morgan fingerprint density at radius 1 is 0.840 bits per heavy atom. The Balaban J connectivity index is 0.857. The van der Waals surface area contributed by atoms with E-state index in [2.05, 4.69) is 34.6 Å². The summed E-state index contributed by atoms with van der Waals surface area (Å²) in [6.45, 7) is 14.8. The number of fused-ring (bicyclic) bond motifs is 7. The molecule has 2 N–H and O–H groups in total. The Morgan fingerprint density at radius 3 is 2.36 bits per heavy atom. The monoisotopic (exact) mass is 702 g/mol. The minimum atomic E-state index is -0.785. The van der Waals surface area contributed by atoms with E-state index in [4.69, 9.17) is 28.7 Å². The minimum absolute atomic E-state index is 0.156. The highest BCUT2D eigenvalue weighted by Crippen LogP contribution is 2.68. The molecule has 5 aliphatic carbocycles. The van der Waals surface area contributed by atoms with Crippen molar-refractivity contribution < 1.29 is 43.7 Å². The van der Waals surface area contributed by atoms with Gasteiger partial charge in [-0.15, -0.1) is 0 Å². The Labute approximate surface area is 300 Å². The average molecular weight is 703 g/mol. The van der Waals surface area contributed by atoms with Crippen LogP contribution >= 0.6 is 0 Å². The quantitative estimate of drug-likeness (QED) is 0.184. The molecule has 9 fully saturated rings. The van der Waals surface area contributed by atoms with Gasteiger partial charge in [0.25, 0.3) is 0 Å². The van der Waals surface area contributed by atoms with Gasteiger partial charge in [0.1, 0.15) is 0 Å². The van der Waals surface area contributed by atoms with Crippen LogP contribution in [0.25, 0.3) is 0 Å². The van der Waals surface area contributed by atoms with Crippen LogP contribution in [0.2, 0.25) is 0 Å². The molecule has 284 valence electrons. The fourth-order valence-corrected chi connectivity index (χ4v) is 14.3. The van der Waals surface area contributed by atoms with E-state index in [-0.39, 0.29) is 47.6 Å². The van der Waals surface area contributed by atoms with Gasteiger partial charge in [-0.3, -0.25) is 4.79 Å². The molecule has 9 unspecified atom stereocenters. The molecule has 0 aromatic carbocycles. The molecule has 4 saturated heterocycles. The van der Waals surface area contributed by atoms with Crippen molar-refractivity contribution >= 4 is 5.97 Å². The third kappa shape index (κ3) is 5.68. The molecule has 0 radical (unpaired) electrons. The number of ether oxygens (including phenoxy) is 4. The summed E-state index contributed by atoms with van der Waals surface area (Å²) in [4.78, 5) is 23.6. The number of aliphatic hydroxyl groups is 1. The summed E-state index contributed by atoms with van der Waals surface area (Å²) >= 11 is 0. The highest BCUT2D eigenvalue weighted by atomic mass is 17.3. The predicted octanol–water partition coefficient (Wildman–Crippen LogP) is 7.73. The van der Waals surface area contributed by atoms with Gasteiger partial charge in [-0.2, -0.15) is 0 Å². The van der Waals surface area contributed by atoms with Crippen LogP contribution in [0.5, 0.6) is 0 Å². The highest BCUT2D eigenvalue weighted by Gasteiger charge is 2.70. The van der Waals surface area contributed by atoms with Gasteiger partial charge in [-0.05, 0) is 142 Å².